The molecule has 114 valence electrons. The smallest absolute Gasteiger partial charge is 0.326 e. The SMILES string of the molecule is COc1ccc2c(c1)n1c([n+]2C)-c2nc3ccccc3n2CC1. The molecule has 0 saturated carbocycles. The first-order chi connectivity index (χ1) is 11.3. The van der Waals surface area contributed by atoms with E-state index in [1.165, 1.54) is 16.6 Å². The van der Waals surface area contributed by atoms with Gasteiger partial charge in [0.2, 0.25) is 5.82 Å². The Kier molecular flexibility index (Phi) is 2.40. The first-order valence-corrected chi connectivity index (χ1v) is 7.80. The third kappa shape index (κ3) is 1.56. The predicted octanol–water partition coefficient (Wildman–Crippen LogP) is 2.50. The second kappa shape index (κ2) is 4.35. The normalized spacial score (nSPS) is 13.3. The number of hydrogen-bond donors (Lipinski definition) is 0. The van der Waals surface area contributed by atoms with Crippen LogP contribution < -0.4 is 9.30 Å². The zero-order valence-corrected chi connectivity index (χ0v) is 13.2. The molecule has 3 heterocycles. The third-order valence-corrected chi connectivity index (χ3v) is 4.81. The van der Waals surface area contributed by atoms with Crippen molar-refractivity contribution in [1.82, 2.24) is 14.1 Å². The van der Waals surface area contributed by atoms with Gasteiger partial charge in [0.15, 0.2) is 11.0 Å². The van der Waals surface area contributed by atoms with Crippen molar-refractivity contribution in [3.63, 3.8) is 0 Å². The lowest BCUT2D eigenvalue weighted by Crippen LogP contribution is -2.33. The minimum atomic E-state index is 0.887. The van der Waals surface area contributed by atoms with Gasteiger partial charge in [-0.15, -0.1) is 0 Å². The second-order valence-electron chi connectivity index (χ2n) is 5.96. The van der Waals surface area contributed by atoms with Gasteiger partial charge in [0, 0.05) is 6.07 Å². The number of para-hydroxylation sites is 2. The zero-order chi connectivity index (χ0) is 15.6. The molecule has 1 aliphatic heterocycles. The number of rotatable bonds is 1. The van der Waals surface area contributed by atoms with Crippen LogP contribution in [0.2, 0.25) is 0 Å². The first-order valence-electron chi connectivity index (χ1n) is 7.80. The molecule has 5 heteroatoms. The van der Waals surface area contributed by atoms with Crippen LogP contribution in [0, 0.1) is 0 Å². The number of aromatic nitrogens is 4. The van der Waals surface area contributed by atoms with Crippen LogP contribution in [0.25, 0.3) is 33.7 Å². The lowest BCUT2D eigenvalue weighted by atomic mass is 10.3. The van der Waals surface area contributed by atoms with Gasteiger partial charge in [0.25, 0.3) is 0 Å². The van der Waals surface area contributed by atoms with Gasteiger partial charge in [-0.05, 0) is 24.3 Å². The lowest BCUT2D eigenvalue weighted by Gasteiger charge is -2.13. The Morgan fingerprint density at radius 3 is 2.74 bits per heavy atom. The molecule has 0 aliphatic carbocycles. The van der Waals surface area contributed by atoms with Crippen LogP contribution in [0.1, 0.15) is 0 Å². The highest BCUT2D eigenvalue weighted by Crippen LogP contribution is 2.31. The van der Waals surface area contributed by atoms with Crippen LogP contribution in [-0.2, 0) is 20.1 Å². The highest BCUT2D eigenvalue weighted by atomic mass is 16.5. The standard InChI is InChI=1S/C18H17N4O/c1-20-15-8-7-12(23-2)11-16(15)22-10-9-21-14-6-4-3-5-13(14)19-17(21)18(20)22/h3-8,11H,9-10H2,1-2H3/q+1. The van der Waals surface area contributed by atoms with Crippen molar-refractivity contribution >= 4 is 22.1 Å². The summed E-state index contributed by atoms with van der Waals surface area (Å²) in [6, 6.07) is 14.6. The number of methoxy groups -OCH3 is 1. The lowest BCUT2D eigenvalue weighted by molar-refractivity contribution is -0.634. The Morgan fingerprint density at radius 2 is 1.87 bits per heavy atom. The van der Waals surface area contributed by atoms with E-state index < -0.39 is 0 Å². The summed E-state index contributed by atoms with van der Waals surface area (Å²) in [4.78, 5) is 4.88. The van der Waals surface area contributed by atoms with E-state index in [1.54, 1.807) is 7.11 Å². The van der Waals surface area contributed by atoms with E-state index in [0.717, 1.165) is 36.0 Å². The molecule has 0 unspecified atom stereocenters. The highest BCUT2D eigenvalue weighted by Gasteiger charge is 2.32. The first kappa shape index (κ1) is 12.7. The Balaban J connectivity index is 1.88. The molecule has 5 nitrogen and oxygen atoms in total. The van der Waals surface area contributed by atoms with Gasteiger partial charge in [0.1, 0.15) is 12.3 Å². The zero-order valence-electron chi connectivity index (χ0n) is 13.2. The van der Waals surface area contributed by atoms with Gasteiger partial charge in [-0.1, -0.05) is 12.1 Å². The van der Waals surface area contributed by atoms with Crippen molar-refractivity contribution in [2.45, 2.75) is 13.1 Å². The molecule has 2 aromatic carbocycles. The Labute approximate surface area is 133 Å². The van der Waals surface area contributed by atoms with E-state index >= 15 is 0 Å². The molecule has 23 heavy (non-hydrogen) atoms. The van der Waals surface area contributed by atoms with E-state index in [9.17, 15) is 0 Å². The number of benzene rings is 2. The molecule has 4 aromatic rings. The number of imidazole rings is 2. The fourth-order valence-corrected chi connectivity index (χ4v) is 3.71. The van der Waals surface area contributed by atoms with Gasteiger partial charge >= 0.3 is 5.82 Å². The van der Waals surface area contributed by atoms with Crippen LogP contribution in [0.3, 0.4) is 0 Å². The summed E-state index contributed by atoms with van der Waals surface area (Å²) < 4.78 is 12.3. The number of nitrogens with zero attached hydrogens (tertiary/aromatic N) is 4. The quantitative estimate of drug-likeness (QED) is 0.507. The van der Waals surface area contributed by atoms with Crippen molar-refractivity contribution in [3.05, 3.63) is 42.5 Å². The molecule has 0 amide bonds. The molecule has 0 saturated heterocycles. The predicted molar refractivity (Wildman–Crippen MR) is 88.4 cm³/mol. The molecule has 5 rings (SSSR count). The van der Waals surface area contributed by atoms with Gasteiger partial charge in [-0.3, -0.25) is 0 Å². The number of ether oxygens (including phenoxy) is 1. The summed E-state index contributed by atoms with van der Waals surface area (Å²) in [6.45, 7) is 1.87. The van der Waals surface area contributed by atoms with Gasteiger partial charge in [-0.2, -0.15) is 0 Å². The topological polar surface area (TPSA) is 35.9 Å². The summed E-state index contributed by atoms with van der Waals surface area (Å²) in [5.74, 6) is 3.07. The Hall–Kier alpha value is -2.82. The Morgan fingerprint density at radius 1 is 1.04 bits per heavy atom. The van der Waals surface area contributed by atoms with Crippen LogP contribution >= 0.6 is 0 Å². The van der Waals surface area contributed by atoms with Gasteiger partial charge in [0.05, 0.1) is 31.7 Å². The summed E-state index contributed by atoms with van der Waals surface area (Å²) in [7, 11) is 3.82. The van der Waals surface area contributed by atoms with E-state index in [-0.39, 0.29) is 0 Å². The molecule has 0 fully saturated rings. The van der Waals surface area contributed by atoms with E-state index in [1.807, 2.05) is 12.1 Å². The molecular formula is C18H17N4O+. The van der Waals surface area contributed by atoms with Crippen LogP contribution in [0.4, 0.5) is 0 Å². The van der Waals surface area contributed by atoms with Gasteiger partial charge < -0.3 is 9.30 Å². The second-order valence-corrected chi connectivity index (χ2v) is 5.96. The summed E-state index contributed by atoms with van der Waals surface area (Å²) in [5.41, 5.74) is 4.65. The fourth-order valence-electron chi connectivity index (χ4n) is 3.71. The molecule has 0 N–H and O–H groups in total. The third-order valence-electron chi connectivity index (χ3n) is 4.81. The average Bonchev–Trinajstić information content (AvgIpc) is 3.10. The van der Waals surface area contributed by atoms with Crippen molar-refractivity contribution in [2.24, 2.45) is 7.05 Å². The van der Waals surface area contributed by atoms with E-state index in [0.29, 0.717) is 0 Å². The number of fused-ring (bicyclic) bond motifs is 7. The molecule has 1 aliphatic rings. The highest BCUT2D eigenvalue weighted by molar-refractivity contribution is 5.82. The molecule has 0 atom stereocenters. The fraction of sp³-hybridized carbons (Fsp3) is 0.222. The molecule has 2 aromatic heterocycles. The summed E-state index contributed by atoms with van der Waals surface area (Å²) in [6.07, 6.45) is 0. The Bertz CT molecular complexity index is 1070. The minimum absolute atomic E-state index is 0.887. The van der Waals surface area contributed by atoms with Crippen LogP contribution in [0.5, 0.6) is 5.75 Å². The molecule has 0 radical (unpaired) electrons. The summed E-state index contributed by atoms with van der Waals surface area (Å²) in [5, 5.41) is 0. The maximum absolute atomic E-state index is 5.40. The monoisotopic (exact) mass is 305 g/mol. The molecule has 0 bridgehead atoms. The van der Waals surface area contributed by atoms with Crippen molar-refractivity contribution in [1.29, 1.82) is 0 Å². The van der Waals surface area contributed by atoms with E-state index in [4.69, 9.17) is 9.72 Å². The maximum Gasteiger partial charge on any atom is 0.326 e. The van der Waals surface area contributed by atoms with Gasteiger partial charge in [-0.25, -0.2) is 14.1 Å². The van der Waals surface area contributed by atoms with E-state index in [2.05, 4.69) is 51.1 Å². The van der Waals surface area contributed by atoms with Crippen molar-refractivity contribution in [3.8, 4) is 17.4 Å². The number of hydrogen-bond acceptors (Lipinski definition) is 2. The largest absolute Gasteiger partial charge is 0.497 e. The van der Waals surface area contributed by atoms with Crippen molar-refractivity contribution < 1.29 is 9.30 Å². The summed E-state index contributed by atoms with van der Waals surface area (Å²) >= 11 is 0. The minimum Gasteiger partial charge on any atom is -0.497 e. The van der Waals surface area contributed by atoms with Crippen LogP contribution in [-0.4, -0.2) is 21.2 Å². The molecule has 0 spiro atoms. The number of aryl methyl sites for hydroxylation is 3. The maximum atomic E-state index is 5.40. The average molecular weight is 305 g/mol. The van der Waals surface area contributed by atoms with Crippen LogP contribution in [0.15, 0.2) is 42.5 Å². The molecular weight excluding hydrogens is 288 g/mol. The van der Waals surface area contributed by atoms with Crippen molar-refractivity contribution in [2.75, 3.05) is 7.11 Å².